The van der Waals surface area contributed by atoms with Crippen LogP contribution in [0.15, 0.2) is 55.1 Å². The van der Waals surface area contributed by atoms with E-state index in [2.05, 4.69) is 15.6 Å². The summed E-state index contributed by atoms with van der Waals surface area (Å²) in [4.78, 5) is 61.7. The third-order valence-electron chi connectivity index (χ3n) is 6.02. The fraction of sp³-hybridized carbons (Fsp3) is 0.115. The molecule has 2 aromatic carbocycles. The van der Waals surface area contributed by atoms with E-state index in [0.717, 1.165) is 29.1 Å². The third-order valence-corrected chi connectivity index (χ3v) is 6.02. The molecule has 6 N–H and O–H groups in total. The summed E-state index contributed by atoms with van der Waals surface area (Å²) in [5.74, 6) is -6.14. The van der Waals surface area contributed by atoms with Crippen LogP contribution in [-0.2, 0) is 27.5 Å². The molecule has 0 aliphatic carbocycles. The molecule has 0 bridgehead atoms. The Morgan fingerprint density at radius 3 is 2.42 bits per heavy atom. The maximum atomic E-state index is 13.6. The number of aliphatic carboxylic acids is 1. The molecule has 0 aliphatic rings. The molecule has 0 fully saturated rings. The van der Waals surface area contributed by atoms with Gasteiger partial charge < -0.3 is 44.4 Å². The number of rotatable bonds is 8. The maximum absolute atomic E-state index is 13.6. The van der Waals surface area contributed by atoms with Crippen molar-refractivity contribution in [2.75, 3.05) is 6.54 Å². The smallest absolute Gasteiger partial charge is 0.344 e. The van der Waals surface area contributed by atoms with E-state index in [-0.39, 0.29) is 34.4 Å². The van der Waals surface area contributed by atoms with Crippen molar-refractivity contribution in [1.29, 1.82) is 0 Å². The molecular formula is C26H18N4O13. The number of esters is 1. The Balaban J connectivity index is 1.48. The van der Waals surface area contributed by atoms with Crippen LogP contribution >= 0.6 is 0 Å². The highest BCUT2D eigenvalue weighted by atomic mass is 16.5. The third kappa shape index (κ3) is 5.49. The highest BCUT2D eigenvalue weighted by Gasteiger charge is 2.26. The van der Waals surface area contributed by atoms with Crippen LogP contribution in [0.25, 0.3) is 33.1 Å². The summed E-state index contributed by atoms with van der Waals surface area (Å²) in [6.45, 7) is -1.56. The number of hydrogen-bond acceptors (Lipinski definition) is 14. The number of ether oxygens (including phenoxy) is 1. The monoisotopic (exact) mass is 594 g/mol. The number of carboxylic acid groups (broad SMARTS) is 1. The number of carboxylic acids is 1. The summed E-state index contributed by atoms with van der Waals surface area (Å²) < 4.78 is 16.7. The molecule has 0 aliphatic heterocycles. The molecule has 1 amide bonds. The zero-order chi connectivity index (χ0) is 31.0. The second-order valence-corrected chi connectivity index (χ2v) is 8.95. The van der Waals surface area contributed by atoms with E-state index in [0.29, 0.717) is 0 Å². The highest BCUT2D eigenvalue weighted by molar-refractivity contribution is 6.07. The number of phenols is 4. The van der Waals surface area contributed by atoms with Crippen LogP contribution in [0.2, 0.25) is 0 Å². The Hall–Kier alpha value is -6.39. The zero-order valence-corrected chi connectivity index (χ0v) is 21.4. The SMILES string of the molecule is O=C(O)CNC(=O)Cn1cc(COC(=O)c2c(O)c(O)cc3occ(-c4cc5cc(O)c(O)cc5oc4=O)c(=O)c23)nn1. The molecule has 17 heteroatoms. The fourth-order valence-electron chi connectivity index (χ4n) is 4.05. The summed E-state index contributed by atoms with van der Waals surface area (Å²) in [6.07, 6.45) is 2.09. The van der Waals surface area contributed by atoms with Gasteiger partial charge in [-0.25, -0.2) is 14.3 Å². The van der Waals surface area contributed by atoms with Crippen molar-refractivity contribution in [3.8, 4) is 34.1 Å². The predicted octanol–water partition coefficient (Wildman–Crippen LogP) is 0.538. The van der Waals surface area contributed by atoms with Crippen LogP contribution in [-0.4, -0.2) is 64.9 Å². The second-order valence-electron chi connectivity index (χ2n) is 8.95. The molecular weight excluding hydrogens is 576 g/mol. The molecule has 0 spiro atoms. The van der Waals surface area contributed by atoms with Crippen molar-refractivity contribution in [3.05, 3.63) is 68.6 Å². The number of aromatic hydroxyl groups is 4. The van der Waals surface area contributed by atoms with Crippen LogP contribution in [0, 0.1) is 0 Å². The zero-order valence-electron chi connectivity index (χ0n) is 21.4. The number of benzene rings is 2. The molecule has 43 heavy (non-hydrogen) atoms. The first-order valence-corrected chi connectivity index (χ1v) is 12.0. The molecule has 3 heterocycles. The maximum Gasteiger partial charge on any atom is 0.344 e. The van der Waals surface area contributed by atoms with Gasteiger partial charge in [-0.3, -0.25) is 14.4 Å². The number of hydrogen-bond donors (Lipinski definition) is 6. The lowest BCUT2D eigenvalue weighted by Crippen LogP contribution is -2.32. The second kappa shape index (κ2) is 10.9. The van der Waals surface area contributed by atoms with Gasteiger partial charge in [0.1, 0.15) is 48.4 Å². The lowest BCUT2D eigenvalue weighted by molar-refractivity contribution is -0.138. The summed E-state index contributed by atoms with van der Waals surface area (Å²) in [5, 5.41) is 57.9. The van der Waals surface area contributed by atoms with Gasteiger partial charge in [-0.2, -0.15) is 0 Å². The Bertz CT molecular complexity index is 2080. The molecule has 3 aromatic heterocycles. The van der Waals surface area contributed by atoms with Gasteiger partial charge in [0, 0.05) is 17.5 Å². The number of nitrogens with one attached hydrogen (secondary N) is 1. The number of carbonyl (C=O) groups is 3. The average Bonchev–Trinajstić information content (AvgIpc) is 3.40. The van der Waals surface area contributed by atoms with Crippen molar-refractivity contribution in [2.45, 2.75) is 13.2 Å². The quantitative estimate of drug-likeness (QED) is 0.0813. The molecule has 5 aromatic rings. The number of carbonyl (C=O) groups excluding carboxylic acids is 2. The van der Waals surface area contributed by atoms with E-state index in [1.807, 2.05) is 0 Å². The number of amides is 1. The average molecular weight is 594 g/mol. The molecule has 0 unspecified atom stereocenters. The largest absolute Gasteiger partial charge is 0.504 e. The van der Waals surface area contributed by atoms with Crippen molar-refractivity contribution >= 4 is 39.8 Å². The number of fused-ring (bicyclic) bond motifs is 2. The highest BCUT2D eigenvalue weighted by Crippen LogP contribution is 2.36. The van der Waals surface area contributed by atoms with Crippen molar-refractivity contribution < 1.29 is 53.5 Å². The van der Waals surface area contributed by atoms with E-state index in [1.165, 1.54) is 12.3 Å². The van der Waals surface area contributed by atoms with Gasteiger partial charge in [0.15, 0.2) is 23.0 Å². The standard InChI is InChI=1S/C26H18N4O13/c31-14-2-10-1-12(25(39)43-17(10)3-15(14)32)13-9-41-18-4-16(33)24(38)22(21(18)23(13)37)26(40)42-8-11-6-30(29-28-11)7-19(34)27-5-20(35)36/h1-4,6,9,31-33,38H,5,7-8H2,(H,27,34)(H,35,36). The van der Waals surface area contributed by atoms with Crippen LogP contribution in [0.4, 0.5) is 0 Å². The number of phenolic OH excluding ortho intramolecular Hbond substituents is 4. The molecule has 0 saturated heterocycles. The molecule has 0 saturated carbocycles. The lowest BCUT2D eigenvalue weighted by atomic mass is 10.0. The van der Waals surface area contributed by atoms with Crippen LogP contribution in [0.3, 0.4) is 0 Å². The predicted molar refractivity (Wildman–Crippen MR) is 140 cm³/mol. The summed E-state index contributed by atoms with van der Waals surface area (Å²) >= 11 is 0. The van der Waals surface area contributed by atoms with Gasteiger partial charge in [0.25, 0.3) is 0 Å². The van der Waals surface area contributed by atoms with Gasteiger partial charge >= 0.3 is 17.6 Å². The molecule has 5 rings (SSSR count). The van der Waals surface area contributed by atoms with Gasteiger partial charge in [-0.05, 0) is 12.1 Å². The number of nitrogens with zero attached hydrogens (tertiary/aromatic N) is 3. The van der Waals surface area contributed by atoms with Gasteiger partial charge in [-0.15, -0.1) is 5.10 Å². The van der Waals surface area contributed by atoms with Gasteiger partial charge in [0.2, 0.25) is 11.3 Å². The van der Waals surface area contributed by atoms with Gasteiger partial charge in [-0.1, -0.05) is 5.21 Å². The van der Waals surface area contributed by atoms with Crippen LogP contribution in [0.1, 0.15) is 16.1 Å². The van der Waals surface area contributed by atoms with Crippen molar-refractivity contribution in [1.82, 2.24) is 20.3 Å². The molecule has 220 valence electrons. The minimum Gasteiger partial charge on any atom is -0.504 e. The number of aromatic nitrogens is 3. The Kier molecular flexibility index (Phi) is 7.12. The van der Waals surface area contributed by atoms with E-state index < -0.39 is 81.6 Å². The van der Waals surface area contributed by atoms with Crippen LogP contribution in [0.5, 0.6) is 23.0 Å². The molecule has 0 atom stereocenters. The van der Waals surface area contributed by atoms with Crippen molar-refractivity contribution in [3.63, 3.8) is 0 Å². The summed E-state index contributed by atoms with van der Waals surface area (Å²) in [5.41, 5.74) is -3.98. The van der Waals surface area contributed by atoms with E-state index >= 15 is 0 Å². The minimum absolute atomic E-state index is 0.0270. The first-order valence-electron chi connectivity index (χ1n) is 12.0. The minimum atomic E-state index is -1.30. The molecule has 17 nitrogen and oxygen atoms in total. The van der Waals surface area contributed by atoms with Crippen LogP contribution < -0.4 is 16.4 Å². The summed E-state index contributed by atoms with van der Waals surface area (Å²) in [6, 6.07) is 4.14. The summed E-state index contributed by atoms with van der Waals surface area (Å²) in [7, 11) is 0. The lowest BCUT2D eigenvalue weighted by Gasteiger charge is -2.10. The van der Waals surface area contributed by atoms with E-state index in [4.69, 9.17) is 18.7 Å². The van der Waals surface area contributed by atoms with Crippen molar-refractivity contribution in [2.24, 2.45) is 0 Å². The normalized spacial score (nSPS) is 11.1. The fourth-order valence-corrected chi connectivity index (χ4v) is 4.05. The Morgan fingerprint density at radius 2 is 1.67 bits per heavy atom. The van der Waals surface area contributed by atoms with Gasteiger partial charge in [0.05, 0.1) is 22.7 Å². The Labute approximate surface area is 236 Å². The Morgan fingerprint density at radius 1 is 0.953 bits per heavy atom. The van der Waals surface area contributed by atoms with E-state index in [1.54, 1.807) is 0 Å². The first kappa shape index (κ1) is 28.1. The van der Waals surface area contributed by atoms with E-state index in [9.17, 15) is 44.4 Å². The molecule has 0 radical (unpaired) electrons. The topological polar surface area (TPSA) is 265 Å². The first-order chi connectivity index (χ1) is 20.4.